The van der Waals surface area contributed by atoms with Crippen LogP contribution in [-0.2, 0) is 20.7 Å². The SMILES string of the molecule is C[C@](NC(=O)[C@@](C)(N)c1ccccc1)(C(N)=O)c1ccccc1. The summed E-state index contributed by atoms with van der Waals surface area (Å²) in [5.74, 6) is -1.13. The molecule has 5 N–H and O–H groups in total. The van der Waals surface area contributed by atoms with Crippen LogP contribution in [0.25, 0.3) is 0 Å². The van der Waals surface area contributed by atoms with Gasteiger partial charge in [0.15, 0.2) is 0 Å². The largest absolute Gasteiger partial charge is 0.367 e. The highest BCUT2D eigenvalue weighted by molar-refractivity contribution is 5.94. The number of nitrogens with one attached hydrogen (secondary N) is 1. The second kappa shape index (κ2) is 6.22. The van der Waals surface area contributed by atoms with Gasteiger partial charge in [0.1, 0.15) is 11.1 Å². The van der Waals surface area contributed by atoms with Crippen LogP contribution in [0.3, 0.4) is 0 Å². The van der Waals surface area contributed by atoms with Crippen LogP contribution in [0.4, 0.5) is 0 Å². The maximum absolute atomic E-state index is 12.7. The molecule has 120 valence electrons. The van der Waals surface area contributed by atoms with Gasteiger partial charge in [-0.25, -0.2) is 0 Å². The molecular formula is C18H21N3O2. The molecule has 0 radical (unpaired) electrons. The fourth-order valence-electron chi connectivity index (χ4n) is 2.32. The Labute approximate surface area is 135 Å². The molecule has 0 saturated heterocycles. The lowest BCUT2D eigenvalue weighted by Crippen LogP contribution is -2.59. The lowest BCUT2D eigenvalue weighted by atomic mass is 9.87. The summed E-state index contributed by atoms with van der Waals surface area (Å²) in [5, 5.41) is 2.71. The molecule has 0 aromatic heterocycles. The maximum atomic E-state index is 12.7. The van der Waals surface area contributed by atoms with Crippen LogP contribution in [0.15, 0.2) is 60.7 Å². The van der Waals surface area contributed by atoms with E-state index in [2.05, 4.69) is 5.32 Å². The second-order valence-corrected chi connectivity index (χ2v) is 5.88. The summed E-state index contributed by atoms with van der Waals surface area (Å²) in [6.45, 7) is 3.17. The zero-order valence-electron chi connectivity index (χ0n) is 13.2. The monoisotopic (exact) mass is 311 g/mol. The normalized spacial score (nSPS) is 16.0. The quantitative estimate of drug-likeness (QED) is 0.778. The fraction of sp³-hybridized carbons (Fsp3) is 0.222. The highest BCUT2D eigenvalue weighted by Crippen LogP contribution is 2.24. The van der Waals surface area contributed by atoms with Crippen LogP contribution >= 0.6 is 0 Å². The van der Waals surface area contributed by atoms with Gasteiger partial charge < -0.3 is 16.8 Å². The Balaban J connectivity index is 2.34. The number of rotatable bonds is 5. The Morgan fingerprint density at radius 1 is 0.870 bits per heavy atom. The van der Waals surface area contributed by atoms with Crippen molar-refractivity contribution in [3.8, 4) is 0 Å². The predicted molar refractivity (Wildman–Crippen MR) is 89.1 cm³/mol. The predicted octanol–water partition coefficient (Wildman–Crippen LogP) is 1.38. The van der Waals surface area contributed by atoms with E-state index < -0.39 is 22.9 Å². The number of primary amides is 1. The van der Waals surface area contributed by atoms with E-state index in [0.29, 0.717) is 11.1 Å². The van der Waals surface area contributed by atoms with Gasteiger partial charge in [-0.05, 0) is 25.0 Å². The molecule has 2 atom stereocenters. The molecule has 0 aliphatic heterocycles. The highest BCUT2D eigenvalue weighted by atomic mass is 16.2. The van der Waals surface area contributed by atoms with E-state index >= 15 is 0 Å². The van der Waals surface area contributed by atoms with Crippen LogP contribution in [0, 0.1) is 0 Å². The van der Waals surface area contributed by atoms with Crippen molar-refractivity contribution >= 4 is 11.8 Å². The van der Waals surface area contributed by atoms with Gasteiger partial charge in [-0.3, -0.25) is 9.59 Å². The van der Waals surface area contributed by atoms with Gasteiger partial charge in [0.25, 0.3) is 0 Å². The van der Waals surface area contributed by atoms with Crippen LogP contribution in [0.2, 0.25) is 0 Å². The molecular weight excluding hydrogens is 290 g/mol. The molecule has 0 fully saturated rings. The second-order valence-electron chi connectivity index (χ2n) is 5.88. The molecule has 2 aromatic rings. The third-order valence-electron chi connectivity index (χ3n) is 4.05. The van der Waals surface area contributed by atoms with Crippen molar-refractivity contribution in [2.24, 2.45) is 11.5 Å². The lowest BCUT2D eigenvalue weighted by Gasteiger charge is -2.33. The van der Waals surface area contributed by atoms with E-state index in [4.69, 9.17) is 11.5 Å². The zero-order valence-corrected chi connectivity index (χ0v) is 13.2. The molecule has 0 saturated carbocycles. The molecule has 2 aromatic carbocycles. The van der Waals surface area contributed by atoms with E-state index in [9.17, 15) is 9.59 Å². The summed E-state index contributed by atoms with van der Waals surface area (Å²) in [5.41, 5.74) is 10.4. The molecule has 2 rings (SSSR count). The lowest BCUT2D eigenvalue weighted by molar-refractivity contribution is -0.134. The van der Waals surface area contributed by atoms with Gasteiger partial charge in [0.05, 0.1) is 0 Å². The Morgan fingerprint density at radius 3 is 1.74 bits per heavy atom. The molecule has 0 spiro atoms. The average Bonchev–Trinajstić information content (AvgIpc) is 2.56. The summed E-state index contributed by atoms with van der Waals surface area (Å²) in [6, 6.07) is 17.8. The minimum absolute atomic E-state index is 0.478. The molecule has 0 bridgehead atoms. The molecule has 0 unspecified atom stereocenters. The van der Waals surface area contributed by atoms with E-state index in [1.54, 1.807) is 62.4 Å². The minimum atomic E-state index is -1.34. The third kappa shape index (κ3) is 3.24. The first-order valence-corrected chi connectivity index (χ1v) is 7.31. The molecule has 0 heterocycles. The van der Waals surface area contributed by atoms with Crippen LogP contribution < -0.4 is 16.8 Å². The Kier molecular flexibility index (Phi) is 4.52. The smallest absolute Gasteiger partial charge is 0.247 e. The summed E-state index contributed by atoms with van der Waals surface area (Å²) in [6.07, 6.45) is 0. The standard InChI is InChI=1S/C18H21N3O2/c1-17(20,13-9-5-3-6-10-13)16(23)21-18(2,15(19)22)14-11-7-4-8-12-14/h3-12H,20H2,1-2H3,(H2,19,22)(H,21,23)/t17-,18+/m0/s1. The van der Waals surface area contributed by atoms with Crippen molar-refractivity contribution in [2.45, 2.75) is 24.9 Å². The summed E-state index contributed by atoms with van der Waals surface area (Å²) >= 11 is 0. The van der Waals surface area contributed by atoms with Gasteiger partial charge >= 0.3 is 0 Å². The Hall–Kier alpha value is -2.66. The number of hydrogen-bond donors (Lipinski definition) is 3. The minimum Gasteiger partial charge on any atom is -0.367 e. The van der Waals surface area contributed by atoms with Gasteiger partial charge in [0.2, 0.25) is 11.8 Å². The Bertz CT molecular complexity index is 699. The van der Waals surface area contributed by atoms with Gasteiger partial charge in [-0.1, -0.05) is 60.7 Å². The van der Waals surface area contributed by atoms with Crippen LogP contribution in [-0.4, -0.2) is 11.8 Å². The Morgan fingerprint density at radius 2 is 1.30 bits per heavy atom. The number of benzene rings is 2. The molecule has 0 aliphatic carbocycles. The van der Waals surface area contributed by atoms with Crippen LogP contribution in [0.5, 0.6) is 0 Å². The molecule has 0 aliphatic rings. The molecule has 2 amide bonds. The molecule has 5 heteroatoms. The maximum Gasteiger partial charge on any atom is 0.247 e. The number of amides is 2. The number of carbonyl (C=O) groups excluding carboxylic acids is 2. The van der Waals surface area contributed by atoms with E-state index in [0.717, 1.165) is 0 Å². The number of carbonyl (C=O) groups is 2. The summed E-state index contributed by atoms with van der Waals surface area (Å²) in [7, 11) is 0. The van der Waals surface area contributed by atoms with Gasteiger partial charge in [-0.2, -0.15) is 0 Å². The van der Waals surface area contributed by atoms with Crippen LogP contribution in [0.1, 0.15) is 25.0 Å². The topological polar surface area (TPSA) is 98.2 Å². The average molecular weight is 311 g/mol. The third-order valence-corrected chi connectivity index (χ3v) is 4.05. The fourth-order valence-corrected chi connectivity index (χ4v) is 2.32. The zero-order chi connectivity index (χ0) is 17.1. The van der Waals surface area contributed by atoms with Gasteiger partial charge in [-0.15, -0.1) is 0 Å². The van der Waals surface area contributed by atoms with Crippen molar-refractivity contribution in [3.05, 3.63) is 71.8 Å². The van der Waals surface area contributed by atoms with Crippen molar-refractivity contribution in [1.82, 2.24) is 5.32 Å². The first kappa shape index (κ1) is 16.7. The van der Waals surface area contributed by atoms with Crippen molar-refractivity contribution in [1.29, 1.82) is 0 Å². The number of hydrogen-bond acceptors (Lipinski definition) is 3. The highest BCUT2D eigenvalue weighted by Gasteiger charge is 2.40. The van der Waals surface area contributed by atoms with Crippen molar-refractivity contribution < 1.29 is 9.59 Å². The van der Waals surface area contributed by atoms with Crippen molar-refractivity contribution in [3.63, 3.8) is 0 Å². The summed E-state index contributed by atoms with van der Waals surface area (Å²) < 4.78 is 0. The van der Waals surface area contributed by atoms with Crippen molar-refractivity contribution in [2.75, 3.05) is 0 Å². The van der Waals surface area contributed by atoms with E-state index in [-0.39, 0.29) is 0 Å². The first-order valence-electron chi connectivity index (χ1n) is 7.31. The molecule has 5 nitrogen and oxygen atoms in total. The first-order chi connectivity index (χ1) is 10.8. The van der Waals surface area contributed by atoms with Gasteiger partial charge in [0, 0.05) is 0 Å². The summed E-state index contributed by atoms with van der Waals surface area (Å²) in [4.78, 5) is 24.7. The number of nitrogens with two attached hydrogens (primary N) is 2. The van der Waals surface area contributed by atoms with E-state index in [1.807, 2.05) is 12.1 Å². The molecule has 23 heavy (non-hydrogen) atoms. The van der Waals surface area contributed by atoms with E-state index in [1.165, 1.54) is 0 Å².